The van der Waals surface area contributed by atoms with Gasteiger partial charge in [0.05, 0.1) is 16.8 Å². The zero-order chi connectivity index (χ0) is 18.2. The molecule has 1 aliphatic heterocycles. The summed E-state index contributed by atoms with van der Waals surface area (Å²) in [5, 5.41) is 2.91. The summed E-state index contributed by atoms with van der Waals surface area (Å²) in [4.78, 5) is 12.3. The summed E-state index contributed by atoms with van der Waals surface area (Å²) in [5.74, 6) is -1.11. The molecule has 1 aliphatic carbocycles. The fourth-order valence-corrected chi connectivity index (χ4v) is 3.66. The molecule has 7 heteroatoms. The van der Waals surface area contributed by atoms with Gasteiger partial charge < -0.3 is 16.8 Å². The molecule has 2 aromatic carbocycles. The van der Waals surface area contributed by atoms with E-state index in [1.165, 1.54) is 6.07 Å². The van der Waals surface area contributed by atoms with Crippen LogP contribution in [0, 0.1) is 11.6 Å². The molecule has 0 aromatic heterocycles. The summed E-state index contributed by atoms with van der Waals surface area (Å²) < 4.78 is 24.3. The van der Waals surface area contributed by atoms with Crippen molar-refractivity contribution in [2.75, 3.05) is 16.8 Å². The van der Waals surface area contributed by atoms with Gasteiger partial charge >= 0.3 is 0 Å². The van der Waals surface area contributed by atoms with Crippen molar-refractivity contribution in [3.05, 3.63) is 47.5 Å². The molecule has 1 saturated carbocycles. The number of halogens is 2. The molecular formula is C18H19F2N3OS. The van der Waals surface area contributed by atoms with Gasteiger partial charge in [0.1, 0.15) is 11.6 Å². The van der Waals surface area contributed by atoms with Crippen LogP contribution < -0.4 is 16.8 Å². The van der Waals surface area contributed by atoms with Crippen molar-refractivity contribution in [2.24, 2.45) is 0 Å². The number of anilines is 3. The summed E-state index contributed by atoms with van der Waals surface area (Å²) in [5.41, 5.74) is 14.4. The van der Waals surface area contributed by atoms with Crippen LogP contribution in [0.4, 0.5) is 25.8 Å². The minimum atomic E-state index is -0.627. The van der Waals surface area contributed by atoms with Crippen molar-refractivity contribution in [3.63, 3.8) is 0 Å². The number of nitrogens with one attached hydrogen (secondary N) is 1. The van der Waals surface area contributed by atoms with Crippen molar-refractivity contribution in [2.45, 2.75) is 36.0 Å². The Kier molecular flexibility index (Phi) is 4.60. The average Bonchev–Trinajstić information content (AvgIpc) is 3.14. The third-order valence-corrected chi connectivity index (χ3v) is 5.11. The Balaban J connectivity index is 0.000000173. The largest absolute Gasteiger partial charge is 0.399 e. The van der Waals surface area contributed by atoms with Crippen LogP contribution in [0.15, 0.2) is 35.2 Å². The Labute approximate surface area is 150 Å². The lowest BCUT2D eigenvalue weighted by molar-refractivity contribution is -0.120. The number of carbonyl (C=O) groups excluding carboxylic acids is 1. The molecule has 4 rings (SSSR count). The summed E-state index contributed by atoms with van der Waals surface area (Å²) in [7, 11) is 0. The number of rotatable bonds is 0. The molecule has 0 bridgehead atoms. The number of benzene rings is 2. The minimum Gasteiger partial charge on any atom is -0.399 e. The average molecular weight is 363 g/mol. The Morgan fingerprint density at radius 1 is 1.08 bits per heavy atom. The third-order valence-electron chi connectivity index (χ3n) is 4.75. The van der Waals surface area contributed by atoms with Gasteiger partial charge in [0.2, 0.25) is 5.91 Å². The molecule has 4 nitrogen and oxygen atoms in total. The van der Waals surface area contributed by atoms with Crippen molar-refractivity contribution < 1.29 is 13.6 Å². The molecule has 132 valence electrons. The summed E-state index contributed by atoms with van der Waals surface area (Å²) >= 11 is 3.70. The van der Waals surface area contributed by atoms with Crippen LogP contribution in [0.25, 0.3) is 0 Å². The number of nitrogen functional groups attached to an aromatic ring is 2. The fourth-order valence-electron chi connectivity index (χ4n) is 3.52. The highest BCUT2D eigenvalue weighted by molar-refractivity contribution is 7.80. The number of nitrogens with two attached hydrogens (primary N) is 2. The molecule has 2 aliphatic rings. The van der Waals surface area contributed by atoms with E-state index in [1.807, 2.05) is 6.07 Å². The van der Waals surface area contributed by atoms with Crippen LogP contribution in [-0.4, -0.2) is 5.91 Å². The third kappa shape index (κ3) is 3.16. The highest BCUT2D eigenvalue weighted by atomic mass is 32.1. The first-order valence-corrected chi connectivity index (χ1v) is 8.43. The standard InChI is InChI=1S/C12H15N3O.C6H4F2S/c13-7-5-8-10(9(14)6-7)15-11(16)12(8)3-1-2-4-12;7-4-1-2-6(9)5(8)3-4/h5-6H,1-4,13-14H2,(H,15,16);1-3,9H. The Morgan fingerprint density at radius 3 is 2.36 bits per heavy atom. The zero-order valence-corrected chi connectivity index (χ0v) is 14.4. The van der Waals surface area contributed by atoms with Crippen molar-refractivity contribution in [1.29, 1.82) is 0 Å². The van der Waals surface area contributed by atoms with Gasteiger partial charge in [0.25, 0.3) is 0 Å². The maximum absolute atomic E-state index is 12.3. The molecule has 2 aromatic rings. The molecule has 0 radical (unpaired) electrons. The summed E-state index contributed by atoms with van der Waals surface area (Å²) in [6.07, 6.45) is 4.02. The van der Waals surface area contributed by atoms with Gasteiger partial charge in [-0.1, -0.05) is 12.8 Å². The Bertz CT molecular complexity index is 835. The van der Waals surface area contributed by atoms with E-state index in [-0.39, 0.29) is 16.2 Å². The maximum Gasteiger partial charge on any atom is 0.235 e. The molecule has 25 heavy (non-hydrogen) atoms. The number of hydrogen-bond acceptors (Lipinski definition) is 4. The van der Waals surface area contributed by atoms with Gasteiger partial charge in [-0.25, -0.2) is 8.78 Å². The van der Waals surface area contributed by atoms with E-state index >= 15 is 0 Å². The van der Waals surface area contributed by atoms with Gasteiger partial charge in [-0.2, -0.15) is 0 Å². The topological polar surface area (TPSA) is 81.1 Å². The lowest BCUT2D eigenvalue weighted by Gasteiger charge is -2.20. The van der Waals surface area contributed by atoms with E-state index in [4.69, 9.17) is 11.5 Å². The molecule has 0 saturated heterocycles. The second-order valence-corrected chi connectivity index (χ2v) is 6.85. The Hall–Kier alpha value is -2.28. The van der Waals surface area contributed by atoms with Gasteiger partial charge in [-0.15, -0.1) is 12.6 Å². The van der Waals surface area contributed by atoms with Crippen LogP contribution in [0.5, 0.6) is 0 Å². The van der Waals surface area contributed by atoms with Crippen LogP contribution >= 0.6 is 12.6 Å². The van der Waals surface area contributed by atoms with Crippen molar-refractivity contribution >= 4 is 35.6 Å². The molecule has 0 unspecified atom stereocenters. The molecule has 1 fully saturated rings. The zero-order valence-electron chi connectivity index (χ0n) is 13.5. The lowest BCUT2D eigenvalue weighted by atomic mass is 9.80. The number of fused-ring (bicyclic) bond motifs is 2. The quantitative estimate of drug-likeness (QED) is 0.424. The number of thiol groups is 1. The van der Waals surface area contributed by atoms with Crippen LogP contribution in [0.3, 0.4) is 0 Å². The van der Waals surface area contributed by atoms with E-state index < -0.39 is 11.6 Å². The second-order valence-electron chi connectivity index (χ2n) is 6.37. The van der Waals surface area contributed by atoms with Crippen molar-refractivity contribution in [3.8, 4) is 0 Å². The number of hydrogen-bond donors (Lipinski definition) is 4. The van der Waals surface area contributed by atoms with Gasteiger partial charge in [-0.05, 0) is 42.7 Å². The number of carbonyl (C=O) groups is 1. The van der Waals surface area contributed by atoms with Gasteiger partial charge in [0, 0.05) is 16.6 Å². The highest BCUT2D eigenvalue weighted by Gasteiger charge is 2.49. The monoisotopic (exact) mass is 363 g/mol. The summed E-state index contributed by atoms with van der Waals surface area (Å²) in [6.45, 7) is 0. The Morgan fingerprint density at radius 2 is 1.76 bits per heavy atom. The normalized spacial score (nSPS) is 17.0. The van der Waals surface area contributed by atoms with Crippen LogP contribution in [-0.2, 0) is 10.2 Å². The minimum absolute atomic E-state index is 0.0947. The van der Waals surface area contributed by atoms with E-state index in [2.05, 4.69) is 17.9 Å². The first-order valence-electron chi connectivity index (χ1n) is 7.98. The van der Waals surface area contributed by atoms with Gasteiger partial charge in [-0.3, -0.25) is 4.79 Å². The molecule has 1 amide bonds. The number of amides is 1. The SMILES string of the molecule is Fc1ccc(S)c(F)c1.Nc1cc(N)c2c(c1)C1(CCCC1)C(=O)N2. The molecule has 1 heterocycles. The second kappa shape index (κ2) is 6.55. The first kappa shape index (κ1) is 17.5. The van der Waals surface area contributed by atoms with Gasteiger partial charge in [0.15, 0.2) is 0 Å². The predicted molar refractivity (Wildman–Crippen MR) is 97.7 cm³/mol. The van der Waals surface area contributed by atoms with Crippen LogP contribution in [0.1, 0.15) is 31.2 Å². The van der Waals surface area contributed by atoms with E-state index in [0.717, 1.165) is 49.1 Å². The van der Waals surface area contributed by atoms with E-state index in [9.17, 15) is 13.6 Å². The summed E-state index contributed by atoms with van der Waals surface area (Å²) in [6, 6.07) is 6.82. The first-order chi connectivity index (χ1) is 11.8. The van der Waals surface area contributed by atoms with Crippen molar-refractivity contribution in [1.82, 2.24) is 0 Å². The molecule has 1 spiro atoms. The van der Waals surface area contributed by atoms with E-state index in [0.29, 0.717) is 11.4 Å². The molecule has 5 N–H and O–H groups in total. The highest BCUT2D eigenvalue weighted by Crippen LogP contribution is 2.51. The molecule has 0 atom stereocenters. The van der Waals surface area contributed by atoms with Crippen LogP contribution in [0.2, 0.25) is 0 Å². The van der Waals surface area contributed by atoms with E-state index in [1.54, 1.807) is 6.07 Å². The lowest BCUT2D eigenvalue weighted by Crippen LogP contribution is -2.30. The fraction of sp³-hybridized carbons (Fsp3) is 0.278. The molecular weight excluding hydrogens is 344 g/mol. The maximum atomic E-state index is 12.3. The predicted octanol–water partition coefficient (Wildman–Crippen LogP) is 3.87. The smallest absolute Gasteiger partial charge is 0.235 e.